The van der Waals surface area contributed by atoms with Gasteiger partial charge in [-0.25, -0.2) is 13.4 Å². The van der Waals surface area contributed by atoms with E-state index in [0.717, 1.165) is 47.4 Å². The van der Waals surface area contributed by atoms with E-state index in [1.165, 1.54) is 17.7 Å². The van der Waals surface area contributed by atoms with Crippen LogP contribution < -0.4 is 10.1 Å². The van der Waals surface area contributed by atoms with E-state index in [4.69, 9.17) is 9.72 Å². The molecule has 6 rings (SSSR count). The molecule has 2 aliphatic rings. The lowest BCUT2D eigenvalue weighted by molar-refractivity contribution is 0.0916. The van der Waals surface area contributed by atoms with Crippen LogP contribution in [0, 0.1) is 0 Å². The van der Waals surface area contributed by atoms with Gasteiger partial charge in [0.2, 0.25) is 0 Å². The summed E-state index contributed by atoms with van der Waals surface area (Å²) in [6.45, 7) is 6.13. The summed E-state index contributed by atoms with van der Waals surface area (Å²) in [4.78, 5) is 18.4. The molecule has 1 saturated carbocycles. The number of fused-ring (bicyclic) bond motifs is 2. The summed E-state index contributed by atoms with van der Waals surface area (Å²) in [6, 6.07) is 17.5. The SMILES string of the molecule is CCS(=O)(=O)c1ccc([C@H](CO)NC(=O)c2ccc3c(c2)nc(C2CC2)n3Cc2cccc3c2OC(C)(C)C3)cc1. The van der Waals surface area contributed by atoms with E-state index >= 15 is 0 Å². The number of carbonyl (C=O) groups excluding carboxylic acids is 1. The maximum atomic E-state index is 13.3. The van der Waals surface area contributed by atoms with Crippen LogP contribution in [0.2, 0.25) is 0 Å². The molecular weight excluding hydrogens is 538 g/mol. The zero-order valence-corrected chi connectivity index (χ0v) is 24.4. The van der Waals surface area contributed by atoms with Gasteiger partial charge in [0.05, 0.1) is 40.9 Å². The van der Waals surface area contributed by atoms with Crippen molar-refractivity contribution in [2.45, 2.75) is 69.0 Å². The number of amides is 1. The summed E-state index contributed by atoms with van der Waals surface area (Å²) in [5.74, 6) is 2.07. The Labute approximate surface area is 240 Å². The van der Waals surface area contributed by atoms with Crippen LogP contribution in [-0.2, 0) is 22.8 Å². The monoisotopic (exact) mass is 573 g/mol. The van der Waals surface area contributed by atoms with E-state index in [-0.39, 0.29) is 28.8 Å². The van der Waals surface area contributed by atoms with Crippen molar-refractivity contribution < 1.29 is 23.1 Å². The maximum absolute atomic E-state index is 13.3. The molecule has 1 aromatic heterocycles. The molecule has 9 heteroatoms. The van der Waals surface area contributed by atoms with Gasteiger partial charge >= 0.3 is 0 Å². The van der Waals surface area contributed by atoms with Crippen molar-refractivity contribution in [3.05, 3.63) is 88.7 Å². The average molecular weight is 574 g/mol. The molecule has 0 bridgehead atoms. The Morgan fingerprint density at radius 1 is 1.15 bits per heavy atom. The number of aromatic nitrogens is 2. The molecule has 214 valence electrons. The summed E-state index contributed by atoms with van der Waals surface area (Å²) < 4.78 is 32.9. The van der Waals surface area contributed by atoms with E-state index < -0.39 is 15.9 Å². The highest BCUT2D eigenvalue weighted by Crippen LogP contribution is 2.42. The number of hydrogen-bond acceptors (Lipinski definition) is 6. The second kappa shape index (κ2) is 10.3. The van der Waals surface area contributed by atoms with Crippen molar-refractivity contribution in [3.63, 3.8) is 0 Å². The number of hydrogen-bond donors (Lipinski definition) is 2. The minimum atomic E-state index is -3.33. The third-order valence-corrected chi connectivity index (χ3v) is 9.74. The molecule has 1 aliphatic heterocycles. The molecule has 1 atom stereocenters. The van der Waals surface area contributed by atoms with Crippen molar-refractivity contribution in [2.24, 2.45) is 0 Å². The van der Waals surface area contributed by atoms with Gasteiger partial charge in [0.15, 0.2) is 9.84 Å². The first-order valence-corrected chi connectivity index (χ1v) is 15.8. The van der Waals surface area contributed by atoms with Gasteiger partial charge < -0.3 is 19.7 Å². The number of ether oxygens (including phenoxy) is 1. The summed E-state index contributed by atoms with van der Waals surface area (Å²) in [6.07, 6.45) is 3.08. The lowest BCUT2D eigenvalue weighted by Crippen LogP contribution is -2.30. The molecular formula is C32H35N3O5S. The van der Waals surface area contributed by atoms with E-state index in [1.807, 2.05) is 6.07 Å². The molecule has 0 unspecified atom stereocenters. The normalized spacial score (nSPS) is 16.8. The van der Waals surface area contributed by atoms with Crippen LogP contribution in [0.25, 0.3) is 11.0 Å². The van der Waals surface area contributed by atoms with Gasteiger partial charge in [-0.3, -0.25) is 4.79 Å². The Kier molecular flexibility index (Phi) is 6.90. The van der Waals surface area contributed by atoms with Gasteiger partial charge in [0, 0.05) is 23.5 Å². The first kappa shape index (κ1) is 27.5. The van der Waals surface area contributed by atoms with Crippen LogP contribution in [0.1, 0.15) is 78.4 Å². The number of benzene rings is 3. The number of para-hydroxylation sites is 1. The van der Waals surface area contributed by atoms with Gasteiger partial charge in [0.25, 0.3) is 5.91 Å². The quantitative estimate of drug-likeness (QED) is 0.294. The first-order valence-electron chi connectivity index (χ1n) is 14.1. The number of sulfone groups is 1. The largest absolute Gasteiger partial charge is 0.487 e. The number of aliphatic hydroxyl groups is 1. The number of imidazole rings is 1. The van der Waals surface area contributed by atoms with Crippen LogP contribution in [0.15, 0.2) is 65.6 Å². The van der Waals surface area contributed by atoms with Gasteiger partial charge in [-0.15, -0.1) is 0 Å². The number of nitrogens with one attached hydrogen (secondary N) is 1. The fraction of sp³-hybridized carbons (Fsp3) is 0.375. The molecule has 2 heterocycles. The van der Waals surface area contributed by atoms with Crippen molar-refractivity contribution in [3.8, 4) is 5.75 Å². The zero-order chi connectivity index (χ0) is 28.9. The molecule has 2 N–H and O–H groups in total. The van der Waals surface area contributed by atoms with E-state index in [0.29, 0.717) is 23.6 Å². The van der Waals surface area contributed by atoms with E-state index in [2.05, 4.69) is 41.9 Å². The number of nitrogens with zero attached hydrogens (tertiary/aromatic N) is 2. The standard InChI is InChI=1S/C32H35N3O5S/c1-4-41(38,39)25-13-10-20(11-14-25)27(19-36)34-31(37)22-12-15-28-26(16-22)33-30(21-8-9-21)35(28)18-24-7-5-6-23-17-32(2,3)40-29(23)24/h5-7,10-16,21,27,36H,4,8-9,17-19H2,1-3H3,(H,34,37)/t27-/m0/s1. The van der Waals surface area contributed by atoms with Crippen molar-refractivity contribution in [1.29, 1.82) is 0 Å². The van der Waals surface area contributed by atoms with E-state index in [9.17, 15) is 18.3 Å². The molecule has 8 nitrogen and oxygen atoms in total. The molecule has 0 saturated heterocycles. The topological polar surface area (TPSA) is 111 Å². The van der Waals surface area contributed by atoms with Crippen LogP contribution in [0.5, 0.6) is 5.75 Å². The molecule has 3 aromatic carbocycles. The van der Waals surface area contributed by atoms with Crippen LogP contribution >= 0.6 is 0 Å². The summed E-state index contributed by atoms with van der Waals surface area (Å²) >= 11 is 0. The maximum Gasteiger partial charge on any atom is 0.251 e. The highest BCUT2D eigenvalue weighted by molar-refractivity contribution is 7.91. The van der Waals surface area contributed by atoms with Crippen LogP contribution in [-0.4, -0.2) is 46.9 Å². The fourth-order valence-corrected chi connectivity index (χ4v) is 6.52. The Morgan fingerprint density at radius 3 is 2.59 bits per heavy atom. The Morgan fingerprint density at radius 2 is 1.90 bits per heavy atom. The molecule has 4 aromatic rings. The third kappa shape index (κ3) is 5.36. The molecule has 41 heavy (non-hydrogen) atoms. The summed E-state index contributed by atoms with van der Waals surface area (Å²) in [5, 5.41) is 12.9. The molecule has 0 radical (unpaired) electrons. The van der Waals surface area contributed by atoms with Gasteiger partial charge in [-0.2, -0.15) is 0 Å². The highest BCUT2D eigenvalue weighted by Gasteiger charge is 2.33. The fourth-order valence-electron chi connectivity index (χ4n) is 5.63. The molecule has 1 fully saturated rings. The number of rotatable bonds is 9. The molecule has 1 aliphatic carbocycles. The predicted molar refractivity (Wildman–Crippen MR) is 157 cm³/mol. The summed E-state index contributed by atoms with van der Waals surface area (Å²) in [7, 11) is -3.33. The van der Waals surface area contributed by atoms with Crippen LogP contribution in [0.3, 0.4) is 0 Å². The Balaban J connectivity index is 1.26. The van der Waals surface area contributed by atoms with Gasteiger partial charge in [-0.05, 0) is 68.1 Å². The molecule has 0 spiro atoms. The second-order valence-corrected chi connectivity index (χ2v) is 13.9. The third-order valence-electron chi connectivity index (χ3n) is 7.99. The minimum Gasteiger partial charge on any atom is -0.487 e. The second-order valence-electron chi connectivity index (χ2n) is 11.7. The van der Waals surface area contributed by atoms with Gasteiger partial charge in [-0.1, -0.05) is 37.3 Å². The Hall–Kier alpha value is -3.69. The zero-order valence-electron chi connectivity index (χ0n) is 23.6. The predicted octanol–water partition coefficient (Wildman–Crippen LogP) is 4.93. The Bertz CT molecular complexity index is 1740. The minimum absolute atomic E-state index is 0.00666. The lowest BCUT2D eigenvalue weighted by atomic mass is 10.0. The van der Waals surface area contributed by atoms with Crippen molar-refractivity contribution in [1.82, 2.24) is 14.9 Å². The first-order chi connectivity index (χ1) is 19.6. The van der Waals surface area contributed by atoms with Crippen molar-refractivity contribution in [2.75, 3.05) is 12.4 Å². The van der Waals surface area contributed by atoms with Gasteiger partial charge in [0.1, 0.15) is 17.2 Å². The van der Waals surface area contributed by atoms with E-state index in [1.54, 1.807) is 31.2 Å². The summed E-state index contributed by atoms with van der Waals surface area (Å²) in [5.41, 5.74) is 4.91. The smallest absolute Gasteiger partial charge is 0.251 e. The highest BCUT2D eigenvalue weighted by atomic mass is 32.2. The lowest BCUT2D eigenvalue weighted by Gasteiger charge is -2.19. The molecule has 1 amide bonds. The average Bonchev–Trinajstić information content (AvgIpc) is 3.67. The number of carbonyl (C=O) groups is 1. The van der Waals surface area contributed by atoms with Crippen molar-refractivity contribution >= 4 is 26.8 Å². The number of aliphatic hydroxyl groups excluding tert-OH is 1. The van der Waals surface area contributed by atoms with Crippen LogP contribution in [0.4, 0.5) is 0 Å².